The topological polar surface area (TPSA) is 92.4 Å². The summed E-state index contributed by atoms with van der Waals surface area (Å²) < 4.78 is 4.86. The maximum atomic E-state index is 12.6. The van der Waals surface area contributed by atoms with Crippen LogP contribution in [0.25, 0.3) is 10.8 Å². The third-order valence-corrected chi connectivity index (χ3v) is 3.19. The van der Waals surface area contributed by atoms with Crippen LogP contribution < -0.4 is 5.56 Å². The van der Waals surface area contributed by atoms with Gasteiger partial charge in [0, 0.05) is 11.9 Å². The minimum Gasteiger partial charge on any atom is -0.465 e. The molecule has 1 amide bonds. The molecular formula is C15H17N3O4. The number of hydrogen-bond acceptors (Lipinski definition) is 5. The number of carbonyl (C=O) groups excluding carboxylic acids is 2. The number of aromatic amines is 1. The monoisotopic (exact) mass is 303 g/mol. The lowest BCUT2D eigenvalue weighted by Gasteiger charge is -2.19. The van der Waals surface area contributed by atoms with Crippen molar-refractivity contribution in [1.82, 2.24) is 15.1 Å². The van der Waals surface area contributed by atoms with Crippen LogP contribution in [0.4, 0.5) is 0 Å². The Balaban J connectivity index is 2.38. The SMILES string of the molecule is CCOC(=O)CN(CC)C(=O)c1n[nH]c(=O)c2ccccc12. The van der Waals surface area contributed by atoms with Crippen molar-refractivity contribution in [2.45, 2.75) is 13.8 Å². The highest BCUT2D eigenvalue weighted by Gasteiger charge is 2.22. The molecule has 1 aromatic carbocycles. The van der Waals surface area contributed by atoms with Crippen molar-refractivity contribution in [2.24, 2.45) is 0 Å². The molecule has 2 aromatic rings. The van der Waals surface area contributed by atoms with E-state index in [1.807, 2.05) is 0 Å². The Bertz CT molecular complexity index is 754. The highest BCUT2D eigenvalue weighted by Crippen LogP contribution is 2.14. The summed E-state index contributed by atoms with van der Waals surface area (Å²) in [4.78, 5) is 37.2. The van der Waals surface area contributed by atoms with Gasteiger partial charge < -0.3 is 9.64 Å². The van der Waals surface area contributed by atoms with E-state index in [-0.39, 0.29) is 24.4 Å². The lowest BCUT2D eigenvalue weighted by Crippen LogP contribution is -2.37. The predicted octanol–water partition coefficient (Wildman–Crippen LogP) is 0.948. The van der Waals surface area contributed by atoms with Crippen LogP contribution in [0, 0.1) is 0 Å². The molecule has 7 nitrogen and oxygen atoms in total. The number of amides is 1. The van der Waals surface area contributed by atoms with Crippen LogP contribution in [0.1, 0.15) is 24.3 Å². The average molecular weight is 303 g/mol. The van der Waals surface area contributed by atoms with Gasteiger partial charge in [-0.3, -0.25) is 14.4 Å². The molecule has 0 spiro atoms. The molecule has 116 valence electrons. The number of nitrogens with one attached hydrogen (secondary N) is 1. The molecule has 0 aliphatic heterocycles. The van der Waals surface area contributed by atoms with Gasteiger partial charge in [0.2, 0.25) is 0 Å². The summed E-state index contributed by atoms with van der Waals surface area (Å²) >= 11 is 0. The molecule has 22 heavy (non-hydrogen) atoms. The Kier molecular flexibility index (Phi) is 4.88. The van der Waals surface area contributed by atoms with Crippen LogP contribution in [0.2, 0.25) is 0 Å². The third kappa shape index (κ3) is 3.13. The van der Waals surface area contributed by atoms with Crippen LogP contribution in [-0.2, 0) is 9.53 Å². The number of fused-ring (bicyclic) bond motifs is 1. The average Bonchev–Trinajstić information content (AvgIpc) is 2.53. The molecule has 1 N–H and O–H groups in total. The molecule has 1 aromatic heterocycles. The van der Waals surface area contributed by atoms with E-state index in [9.17, 15) is 14.4 Å². The van der Waals surface area contributed by atoms with E-state index in [0.29, 0.717) is 17.3 Å². The first-order valence-corrected chi connectivity index (χ1v) is 7.00. The number of aromatic nitrogens is 2. The summed E-state index contributed by atoms with van der Waals surface area (Å²) in [6.45, 7) is 3.88. The van der Waals surface area contributed by atoms with Crippen LogP contribution >= 0.6 is 0 Å². The minimum atomic E-state index is -0.480. The molecule has 0 aliphatic carbocycles. The van der Waals surface area contributed by atoms with Gasteiger partial charge in [-0.15, -0.1) is 0 Å². The van der Waals surface area contributed by atoms with Gasteiger partial charge in [-0.1, -0.05) is 18.2 Å². The fraction of sp³-hybridized carbons (Fsp3) is 0.333. The minimum absolute atomic E-state index is 0.112. The molecular weight excluding hydrogens is 286 g/mol. The Morgan fingerprint density at radius 2 is 1.91 bits per heavy atom. The first-order chi connectivity index (χ1) is 10.6. The van der Waals surface area contributed by atoms with Gasteiger partial charge in [0.15, 0.2) is 5.69 Å². The number of carbonyl (C=O) groups is 2. The second kappa shape index (κ2) is 6.84. The van der Waals surface area contributed by atoms with E-state index in [4.69, 9.17) is 4.74 Å². The van der Waals surface area contributed by atoms with E-state index >= 15 is 0 Å². The molecule has 0 saturated heterocycles. The van der Waals surface area contributed by atoms with E-state index in [0.717, 1.165) is 0 Å². The van der Waals surface area contributed by atoms with Crippen molar-refractivity contribution in [2.75, 3.05) is 19.7 Å². The molecule has 0 saturated carbocycles. The Labute approximate surface area is 126 Å². The fourth-order valence-corrected chi connectivity index (χ4v) is 2.12. The predicted molar refractivity (Wildman–Crippen MR) is 80.6 cm³/mol. The number of ether oxygens (including phenoxy) is 1. The van der Waals surface area contributed by atoms with Crippen LogP contribution in [0.15, 0.2) is 29.1 Å². The van der Waals surface area contributed by atoms with Crippen LogP contribution in [0.3, 0.4) is 0 Å². The number of benzene rings is 1. The van der Waals surface area contributed by atoms with Gasteiger partial charge in [0.1, 0.15) is 6.54 Å². The molecule has 0 aliphatic rings. The summed E-state index contributed by atoms with van der Waals surface area (Å²) in [6, 6.07) is 6.71. The molecule has 0 unspecified atom stereocenters. The summed E-state index contributed by atoms with van der Waals surface area (Å²) in [5.74, 6) is -0.908. The number of esters is 1. The Morgan fingerprint density at radius 3 is 2.55 bits per heavy atom. The number of rotatable bonds is 5. The smallest absolute Gasteiger partial charge is 0.325 e. The highest BCUT2D eigenvalue weighted by atomic mass is 16.5. The van der Waals surface area contributed by atoms with Gasteiger partial charge in [-0.05, 0) is 19.9 Å². The Morgan fingerprint density at radius 1 is 1.23 bits per heavy atom. The first-order valence-electron chi connectivity index (χ1n) is 7.00. The highest BCUT2D eigenvalue weighted by molar-refractivity contribution is 6.05. The fourth-order valence-electron chi connectivity index (χ4n) is 2.12. The number of nitrogens with zero attached hydrogens (tertiary/aromatic N) is 2. The second-order valence-corrected chi connectivity index (χ2v) is 4.57. The van der Waals surface area contributed by atoms with E-state index < -0.39 is 11.9 Å². The second-order valence-electron chi connectivity index (χ2n) is 4.57. The van der Waals surface area contributed by atoms with Gasteiger partial charge in [-0.25, -0.2) is 5.10 Å². The van der Waals surface area contributed by atoms with E-state index in [1.165, 1.54) is 4.90 Å². The van der Waals surface area contributed by atoms with Crippen molar-refractivity contribution in [3.05, 3.63) is 40.3 Å². The first kappa shape index (κ1) is 15.7. The molecule has 0 bridgehead atoms. The molecule has 0 fully saturated rings. The third-order valence-electron chi connectivity index (χ3n) is 3.19. The van der Waals surface area contributed by atoms with Gasteiger partial charge >= 0.3 is 5.97 Å². The standard InChI is InChI=1S/C15H17N3O4/c1-3-18(9-12(19)22-4-2)15(21)13-10-7-5-6-8-11(10)14(20)17-16-13/h5-8H,3-4,9H2,1-2H3,(H,17,20). The van der Waals surface area contributed by atoms with Crippen LogP contribution in [0.5, 0.6) is 0 Å². The van der Waals surface area contributed by atoms with Crippen LogP contribution in [-0.4, -0.2) is 46.7 Å². The molecule has 1 heterocycles. The van der Waals surface area contributed by atoms with Crippen molar-refractivity contribution in [3.8, 4) is 0 Å². The molecule has 7 heteroatoms. The largest absolute Gasteiger partial charge is 0.465 e. The maximum Gasteiger partial charge on any atom is 0.325 e. The summed E-state index contributed by atoms with van der Waals surface area (Å²) in [7, 11) is 0. The van der Waals surface area contributed by atoms with Crippen molar-refractivity contribution >= 4 is 22.6 Å². The van der Waals surface area contributed by atoms with Gasteiger partial charge in [0.05, 0.1) is 12.0 Å². The van der Waals surface area contributed by atoms with Crippen molar-refractivity contribution < 1.29 is 14.3 Å². The number of likely N-dealkylation sites (N-methyl/N-ethyl adjacent to an activating group) is 1. The lowest BCUT2D eigenvalue weighted by atomic mass is 10.1. The zero-order valence-electron chi connectivity index (χ0n) is 12.5. The zero-order chi connectivity index (χ0) is 16.1. The zero-order valence-corrected chi connectivity index (χ0v) is 12.5. The van der Waals surface area contributed by atoms with Crippen molar-refractivity contribution in [3.63, 3.8) is 0 Å². The lowest BCUT2D eigenvalue weighted by molar-refractivity contribution is -0.143. The maximum absolute atomic E-state index is 12.6. The van der Waals surface area contributed by atoms with Crippen molar-refractivity contribution in [1.29, 1.82) is 0 Å². The van der Waals surface area contributed by atoms with E-state index in [1.54, 1.807) is 38.1 Å². The van der Waals surface area contributed by atoms with E-state index in [2.05, 4.69) is 10.2 Å². The number of H-pyrrole nitrogens is 1. The quantitative estimate of drug-likeness (QED) is 0.830. The molecule has 0 radical (unpaired) electrons. The summed E-state index contributed by atoms with van der Waals surface area (Å²) in [5.41, 5.74) is -0.248. The Hall–Kier alpha value is -2.70. The molecule has 0 atom stereocenters. The molecule has 2 rings (SSSR count). The number of hydrogen-bond donors (Lipinski definition) is 1. The normalized spacial score (nSPS) is 10.5. The summed E-state index contributed by atoms with van der Waals surface area (Å²) in [5, 5.41) is 7.00. The van der Waals surface area contributed by atoms with Gasteiger partial charge in [-0.2, -0.15) is 5.10 Å². The summed E-state index contributed by atoms with van der Waals surface area (Å²) in [6.07, 6.45) is 0. The van der Waals surface area contributed by atoms with Gasteiger partial charge in [0.25, 0.3) is 11.5 Å².